The molecule has 0 saturated heterocycles. The van der Waals surface area contributed by atoms with E-state index in [9.17, 15) is 9.59 Å². The van der Waals surface area contributed by atoms with Gasteiger partial charge in [0.2, 0.25) is 5.91 Å². The fourth-order valence-corrected chi connectivity index (χ4v) is 1.60. The number of aliphatic hydroxyl groups excluding tert-OH is 1. The van der Waals surface area contributed by atoms with Gasteiger partial charge < -0.3 is 10.4 Å². The number of amides is 1. The molecule has 15 heavy (non-hydrogen) atoms. The number of hydrogen-bond acceptors (Lipinski definition) is 4. The molecule has 0 radical (unpaired) electrons. The molecule has 1 unspecified atom stereocenters. The molecule has 6 heteroatoms. The second kappa shape index (κ2) is 3.82. The Labute approximate surface area is 85.9 Å². The number of hydrogen-bond donors (Lipinski definition) is 2. The van der Waals surface area contributed by atoms with E-state index in [-0.39, 0.29) is 18.4 Å². The molecule has 0 aromatic carbocycles. The lowest BCUT2D eigenvalue weighted by atomic mass is 10.0. The summed E-state index contributed by atoms with van der Waals surface area (Å²) in [5.74, 6) is -0.969. The van der Waals surface area contributed by atoms with E-state index in [1.54, 1.807) is 6.07 Å². The van der Waals surface area contributed by atoms with Crippen LogP contribution in [0.4, 0.5) is 5.82 Å². The smallest absolute Gasteiger partial charge is 0.261 e. The average Bonchev–Trinajstić information content (AvgIpc) is 2.65. The molecule has 0 spiro atoms. The summed E-state index contributed by atoms with van der Waals surface area (Å²) in [5.41, 5.74) is 0. The van der Waals surface area contributed by atoms with Gasteiger partial charge in [-0.25, -0.2) is 0 Å². The number of aromatic nitrogens is 2. The molecule has 2 rings (SSSR count). The summed E-state index contributed by atoms with van der Waals surface area (Å²) in [6, 6.07) is 1.57. The molecule has 1 aliphatic rings. The number of anilines is 1. The lowest BCUT2D eigenvalue weighted by Crippen LogP contribution is -2.39. The van der Waals surface area contributed by atoms with Crippen molar-refractivity contribution in [2.75, 3.05) is 11.9 Å². The van der Waals surface area contributed by atoms with E-state index in [1.807, 2.05) is 0 Å². The second-order valence-corrected chi connectivity index (χ2v) is 3.37. The highest BCUT2D eigenvalue weighted by Gasteiger charge is 2.34. The number of fused-ring (bicyclic) bond motifs is 1. The van der Waals surface area contributed by atoms with Crippen LogP contribution in [0.1, 0.15) is 17.6 Å². The van der Waals surface area contributed by atoms with Crippen molar-refractivity contribution in [3.05, 3.63) is 12.3 Å². The fourth-order valence-electron chi connectivity index (χ4n) is 1.60. The molecule has 0 aliphatic carbocycles. The van der Waals surface area contributed by atoms with Crippen LogP contribution >= 0.6 is 0 Å². The van der Waals surface area contributed by atoms with Gasteiger partial charge in [-0.15, -0.1) is 0 Å². The van der Waals surface area contributed by atoms with Crippen LogP contribution in [0.5, 0.6) is 0 Å². The van der Waals surface area contributed by atoms with Crippen molar-refractivity contribution in [3.8, 4) is 0 Å². The highest BCUT2D eigenvalue weighted by molar-refractivity contribution is 6.11. The number of nitrogens with one attached hydrogen (secondary N) is 1. The Morgan fingerprint density at radius 2 is 2.33 bits per heavy atom. The third kappa shape index (κ3) is 1.63. The lowest BCUT2D eigenvalue weighted by molar-refractivity contribution is -0.119. The molecule has 0 bridgehead atoms. The molecule has 1 atom stereocenters. The van der Waals surface area contributed by atoms with E-state index >= 15 is 0 Å². The van der Waals surface area contributed by atoms with Crippen LogP contribution < -0.4 is 5.32 Å². The van der Waals surface area contributed by atoms with E-state index in [4.69, 9.17) is 5.11 Å². The normalized spacial score (nSPS) is 19.9. The highest BCUT2D eigenvalue weighted by atomic mass is 16.3. The van der Waals surface area contributed by atoms with Crippen LogP contribution in [-0.2, 0) is 4.79 Å². The van der Waals surface area contributed by atoms with Gasteiger partial charge in [-0.3, -0.25) is 9.59 Å². The van der Waals surface area contributed by atoms with E-state index in [2.05, 4.69) is 10.4 Å². The number of nitrogens with zero attached hydrogens (tertiary/aromatic N) is 2. The number of aliphatic hydroxyl groups is 1. The van der Waals surface area contributed by atoms with E-state index in [1.165, 1.54) is 10.9 Å². The Morgan fingerprint density at radius 1 is 1.53 bits per heavy atom. The van der Waals surface area contributed by atoms with Crippen LogP contribution in [0.25, 0.3) is 0 Å². The quantitative estimate of drug-likeness (QED) is 0.679. The highest BCUT2D eigenvalue weighted by Crippen LogP contribution is 2.20. The summed E-state index contributed by atoms with van der Waals surface area (Å²) in [5, 5.41) is 15.1. The van der Waals surface area contributed by atoms with E-state index < -0.39 is 5.92 Å². The summed E-state index contributed by atoms with van der Waals surface area (Å²) in [6.07, 6.45) is 2.24. The van der Waals surface area contributed by atoms with Gasteiger partial charge in [0.1, 0.15) is 11.7 Å². The van der Waals surface area contributed by atoms with Crippen LogP contribution in [0.15, 0.2) is 12.3 Å². The molecule has 1 aliphatic heterocycles. The van der Waals surface area contributed by atoms with Gasteiger partial charge in [0.05, 0.1) is 6.20 Å². The monoisotopic (exact) mass is 209 g/mol. The minimum absolute atomic E-state index is 0.0248. The van der Waals surface area contributed by atoms with Crippen molar-refractivity contribution in [1.82, 2.24) is 9.78 Å². The standard InChI is InChI=1S/C9H11N3O3/c13-5-1-2-6-8(14)11-7-3-4-10-12(7)9(6)15/h3-4,6,13H,1-2,5H2,(H,11,14). The van der Waals surface area contributed by atoms with Gasteiger partial charge >= 0.3 is 0 Å². The molecular formula is C9H11N3O3. The first kappa shape index (κ1) is 9.85. The Morgan fingerprint density at radius 3 is 3.07 bits per heavy atom. The first-order chi connectivity index (χ1) is 7.24. The van der Waals surface area contributed by atoms with Gasteiger partial charge in [0.25, 0.3) is 5.91 Å². The lowest BCUT2D eigenvalue weighted by Gasteiger charge is -2.21. The molecule has 2 N–H and O–H groups in total. The molecule has 1 aromatic heterocycles. The summed E-state index contributed by atoms with van der Waals surface area (Å²) in [6.45, 7) is -0.0248. The van der Waals surface area contributed by atoms with Gasteiger partial charge in [-0.2, -0.15) is 9.78 Å². The van der Waals surface area contributed by atoms with Crippen molar-refractivity contribution in [2.45, 2.75) is 12.8 Å². The number of rotatable bonds is 3. The zero-order valence-corrected chi connectivity index (χ0v) is 8.01. The van der Waals surface area contributed by atoms with Crippen molar-refractivity contribution >= 4 is 17.6 Å². The second-order valence-electron chi connectivity index (χ2n) is 3.37. The molecule has 6 nitrogen and oxygen atoms in total. The zero-order chi connectivity index (χ0) is 10.8. The number of carbonyl (C=O) groups excluding carboxylic acids is 2. The van der Waals surface area contributed by atoms with Gasteiger partial charge in [-0.05, 0) is 12.8 Å². The molecule has 1 aromatic rings. The minimum atomic E-state index is -0.732. The van der Waals surface area contributed by atoms with Gasteiger partial charge in [0.15, 0.2) is 0 Å². The van der Waals surface area contributed by atoms with Crippen molar-refractivity contribution < 1.29 is 14.7 Å². The third-order valence-corrected chi connectivity index (χ3v) is 2.37. The predicted octanol–water partition coefficient (Wildman–Crippen LogP) is -0.136. The summed E-state index contributed by atoms with van der Waals surface area (Å²) in [7, 11) is 0. The molecular weight excluding hydrogens is 198 g/mol. The maximum absolute atomic E-state index is 11.8. The molecule has 80 valence electrons. The first-order valence-electron chi connectivity index (χ1n) is 4.74. The van der Waals surface area contributed by atoms with Gasteiger partial charge in [0, 0.05) is 12.7 Å². The molecule has 1 amide bonds. The van der Waals surface area contributed by atoms with Crippen molar-refractivity contribution in [2.24, 2.45) is 5.92 Å². The van der Waals surface area contributed by atoms with E-state index in [0.717, 1.165) is 0 Å². The predicted molar refractivity (Wildman–Crippen MR) is 51.3 cm³/mol. The molecule has 0 saturated carbocycles. The summed E-state index contributed by atoms with van der Waals surface area (Å²) in [4.78, 5) is 23.3. The van der Waals surface area contributed by atoms with Gasteiger partial charge in [-0.1, -0.05) is 0 Å². The van der Waals surface area contributed by atoms with Crippen LogP contribution in [0.2, 0.25) is 0 Å². The summed E-state index contributed by atoms with van der Waals surface area (Å²) >= 11 is 0. The molecule has 0 fully saturated rings. The minimum Gasteiger partial charge on any atom is -0.396 e. The van der Waals surface area contributed by atoms with Crippen LogP contribution in [-0.4, -0.2) is 33.3 Å². The number of carbonyl (C=O) groups is 2. The first-order valence-corrected chi connectivity index (χ1v) is 4.74. The zero-order valence-electron chi connectivity index (χ0n) is 8.01. The van der Waals surface area contributed by atoms with Crippen molar-refractivity contribution in [3.63, 3.8) is 0 Å². The third-order valence-electron chi connectivity index (χ3n) is 2.37. The molecule has 2 heterocycles. The Bertz CT molecular complexity index is 399. The Hall–Kier alpha value is -1.69. The Balaban J connectivity index is 2.22. The van der Waals surface area contributed by atoms with Crippen LogP contribution in [0.3, 0.4) is 0 Å². The van der Waals surface area contributed by atoms with E-state index in [0.29, 0.717) is 18.7 Å². The van der Waals surface area contributed by atoms with Crippen molar-refractivity contribution in [1.29, 1.82) is 0 Å². The topological polar surface area (TPSA) is 84.2 Å². The summed E-state index contributed by atoms with van der Waals surface area (Å²) < 4.78 is 1.18. The largest absolute Gasteiger partial charge is 0.396 e. The average molecular weight is 209 g/mol. The SMILES string of the molecule is O=C1Nc2ccnn2C(=O)C1CCCO. The maximum atomic E-state index is 11.8. The Kier molecular flexibility index (Phi) is 2.51. The van der Waals surface area contributed by atoms with Crippen LogP contribution in [0, 0.1) is 5.92 Å². The fraction of sp³-hybridized carbons (Fsp3) is 0.444. The maximum Gasteiger partial charge on any atom is 0.261 e.